The highest BCUT2D eigenvalue weighted by molar-refractivity contribution is 5.68. The molecule has 0 saturated heterocycles. The number of para-hydroxylation sites is 1. The minimum absolute atomic E-state index is 0.964. The molecule has 2 aromatic carbocycles. The van der Waals surface area contributed by atoms with Gasteiger partial charge < -0.3 is 0 Å². The van der Waals surface area contributed by atoms with Crippen LogP contribution in [0.1, 0.15) is 5.69 Å². The van der Waals surface area contributed by atoms with Gasteiger partial charge in [-0.05, 0) is 31.2 Å². The van der Waals surface area contributed by atoms with Gasteiger partial charge in [-0.1, -0.05) is 48.5 Å². The Morgan fingerprint density at radius 1 is 0.750 bits per heavy atom. The van der Waals surface area contributed by atoms with Crippen LogP contribution in [0.5, 0.6) is 0 Å². The molecule has 4 heteroatoms. The van der Waals surface area contributed by atoms with Crippen molar-refractivity contribution in [3.8, 4) is 28.3 Å². The summed E-state index contributed by atoms with van der Waals surface area (Å²) < 4.78 is 3.89. The second kappa shape index (κ2) is 5.81. The first-order valence-corrected chi connectivity index (χ1v) is 7.94. The number of rotatable bonds is 3. The predicted molar refractivity (Wildman–Crippen MR) is 95.9 cm³/mol. The van der Waals surface area contributed by atoms with E-state index in [4.69, 9.17) is 0 Å². The van der Waals surface area contributed by atoms with Crippen molar-refractivity contribution in [3.05, 3.63) is 78.5 Å². The highest BCUT2D eigenvalue weighted by Crippen LogP contribution is 2.27. The van der Waals surface area contributed by atoms with Gasteiger partial charge in [0.15, 0.2) is 0 Å². The van der Waals surface area contributed by atoms with E-state index in [1.165, 1.54) is 0 Å². The molecule has 0 saturated carbocycles. The third-order valence-electron chi connectivity index (χ3n) is 4.04. The molecule has 24 heavy (non-hydrogen) atoms. The van der Waals surface area contributed by atoms with E-state index in [-0.39, 0.29) is 0 Å². The first kappa shape index (κ1) is 14.5. The molecule has 0 aliphatic rings. The lowest BCUT2D eigenvalue weighted by molar-refractivity contribution is 0.766. The lowest BCUT2D eigenvalue weighted by Gasteiger charge is -2.07. The average molecular weight is 314 g/mol. The normalized spacial score (nSPS) is 10.9. The lowest BCUT2D eigenvalue weighted by atomic mass is 10.1. The lowest BCUT2D eigenvalue weighted by Crippen LogP contribution is -2.02. The summed E-state index contributed by atoms with van der Waals surface area (Å²) in [4.78, 5) is 0. The summed E-state index contributed by atoms with van der Waals surface area (Å²) in [6.45, 7) is 2.01. The van der Waals surface area contributed by atoms with Crippen molar-refractivity contribution in [2.45, 2.75) is 6.92 Å². The van der Waals surface area contributed by atoms with Gasteiger partial charge >= 0.3 is 0 Å². The van der Waals surface area contributed by atoms with Gasteiger partial charge in [-0.15, -0.1) is 0 Å². The second-order valence-corrected chi connectivity index (χ2v) is 5.82. The Balaban J connectivity index is 1.85. The van der Waals surface area contributed by atoms with Gasteiger partial charge in [0.25, 0.3) is 0 Å². The molecule has 0 fully saturated rings. The Hall–Kier alpha value is -3.14. The fraction of sp³-hybridized carbons (Fsp3) is 0.100. The molecule has 0 unspecified atom stereocenters. The van der Waals surface area contributed by atoms with Crippen molar-refractivity contribution in [3.63, 3.8) is 0 Å². The van der Waals surface area contributed by atoms with Gasteiger partial charge in [0.05, 0.1) is 28.5 Å². The van der Waals surface area contributed by atoms with Crippen LogP contribution in [0.25, 0.3) is 28.3 Å². The molecule has 0 atom stereocenters. The van der Waals surface area contributed by atoms with Crippen LogP contribution in [0.3, 0.4) is 0 Å². The molecule has 118 valence electrons. The zero-order valence-electron chi connectivity index (χ0n) is 13.7. The van der Waals surface area contributed by atoms with Crippen LogP contribution < -0.4 is 0 Å². The third kappa shape index (κ3) is 2.52. The van der Waals surface area contributed by atoms with E-state index < -0.39 is 0 Å². The van der Waals surface area contributed by atoms with Crippen LogP contribution >= 0.6 is 0 Å². The molecular weight excluding hydrogens is 296 g/mol. The topological polar surface area (TPSA) is 35.6 Å². The smallest absolute Gasteiger partial charge is 0.0930 e. The first-order chi connectivity index (χ1) is 11.7. The van der Waals surface area contributed by atoms with Gasteiger partial charge in [-0.3, -0.25) is 4.68 Å². The van der Waals surface area contributed by atoms with Crippen molar-refractivity contribution in [2.75, 3.05) is 0 Å². The second-order valence-electron chi connectivity index (χ2n) is 5.82. The van der Waals surface area contributed by atoms with Gasteiger partial charge in [-0.2, -0.15) is 10.2 Å². The number of aromatic nitrogens is 4. The molecule has 0 aliphatic heterocycles. The third-order valence-corrected chi connectivity index (χ3v) is 4.04. The van der Waals surface area contributed by atoms with Crippen LogP contribution in [-0.2, 0) is 7.05 Å². The van der Waals surface area contributed by atoms with E-state index in [2.05, 4.69) is 46.6 Å². The maximum Gasteiger partial charge on any atom is 0.0930 e. The summed E-state index contributed by atoms with van der Waals surface area (Å²) in [7, 11) is 1.97. The number of nitrogens with zero attached hydrogens (tertiary/aromatic N) is 4. The predicted octanol–water partition coefficient (Wildman–Crippen LogP) is 4.25. The number of benzene rings is 2. The van der Waals surface area contributed by atoms with Crippen LogP contribution in [-0.4, -0.2) is 19.6 Å². The Labute approximate surface area is 141 Å². The SMILES string of the molecule is Cc1cc(-c2cc(-c3ccccc3)nn2C)n(-c2ccccc2)n1. The van der Waals surface area contributed by atoms with E-state index in [0.29, 0.717) is 0 Å². The van der Waals surface area contributed by atoms with E-state index in [0.717, 1.165) is 34.0 Å². The van der Waals surface area contributed by atoms with Crippen molar-refractivity contribution in [2.24, 2.45) is 7.05 Å². The van der Waals surface area contributed by atoms with Crippen LogP contribution in [0.4, 0.5) is 0 Å². The van der Waals surface area contributed by atoms with Gasteiger partial charge in [0.1, 0.15) is 0 Å². The molecule has 0 amide bonds. The molecule has 0 N–H and O–H groups in total. The number of hydrogen-bond acceptors (Lipinski definition) is 2. The molecular formula is C20H18N4. The van der Waals surface area contributed by atoms with E-state index >= 15 is 0 Å². The minimum Gasteiger partial charge on any atom is -0.266 e. The van der Waals surface area contributed by atoms with Crippen LogP contribution in [0.15, 0.2) is 72.8 Å². The monoisotopic (exact) mass is 314 g/mol. The first-order valence-electron chi connectivity index (χ1n) is 7.94. The zero-order valence-corrected chi connectivity index (χ0v) is 13.7. The fourth-order valence-electron chi connectivity index (χ4n) is 2.90. The summed E-state index contributed by atoms with van der Waals surface area (Å²) in [5.41, 5.74) is 6.18. The molecule has 2 aromatic heterocycles. The summed E-state index contributed by atoms with van der Waals surface area (Å²) >= 11 is 0. The van der Waals surface area contributed by atoms with Crippen molar-refractivity contribution >= 4 is 0 Å². The average Bonchev–Trinajstić information content (AvgIpc) is 3.19. The molecule has 4 nitrogen and oxygen atoms in total. The summed E-state index contributed by atoms with van der Waals surface area (Å²) in [6, 6.07) is 24.6. The highest BCUT2D eigenvalue weighted by atomic mass is 15.3. The highest BCUT2D eigenvalue weighted by Gasteiger charge is 2.15. The van der Waals surface area contributed by atoms with Crippen LogP contribution in [0, 0.1) is 6.92 Å². The zero-order chi connectivity index (χ0) is 16.5. The summed E-state index contributed by atoms with van der Waals surface area (Å²) in [5, 5.41) is 9.33. The maximum atomic E-state index is 4.68. The molecule has 2 heterocycles. The standard InChI is InChI=1S/C20H18N4/c1-15-13-20(24(21-15)17-11-7-4-8-12-17)19-14-18(22-23(19)2)16-9-5-3-6-10-16/h3-14H,1-2H3. The number of hydrogen-bond donors (Lipinski definition) is 0. The van der Waals surface area contributed by atoms with Crippen molar-refractivity contribution in [1.29, 1.82) is 0 Å². The molecule has 4 rings (SSSR count). The molecule has 0 aliphatic carbocycles. The Kier molecular flexibility index (Phi) is 3.50. The summed E-state index contributed by atoms with van der Waals surface area (Å²) in [5.74, 6) is 0. The Morgan fingerprint density at radius 3 is 2.12 bits per heavy atom. The Bertz CT molecular complexity index is 966. The maximum absolute atomic E-state index is 4.68. The van der Waals surface area contributed by atoms with Gasteiger partial charge in [-0.25, -0.2) is 4.68 Å². The molecule has 4 aromatic rings. The van der Waals surface area contributed by atoms with E-state index in [1.54, 1.807) is 0 Å². The largest absolute Gasteiger partial charge is 0.266 e. The Morgan fingerprint density at radius 2 is 1.42 bits per heavy atom. The minimum atomic E-state index is 0.964. The van der Waals surface area contributed by atoms with Gasteiger partial charge in [0.2, 0.25) is 0 Å². The van der Waals surface area contributed by atoms with Crippen molar-refractivity contribution in [1.82, 2.24) is 19.6 Å². The molecule has 0 spiro atoms. The van der Waals surface area contributed by atoms with Crippen molar-refractivity contribution < 1.29 is 0 Å². The van der Waals surface area contributed by atoms with E-state index in [1.807, 2.05) is 59.7 Å². The quantitative estimate of drug-likeness (QED) is 0.567. The number of aryl methyl sites for hydroxylation is 2. The molecule has 0 radical (unpaired) electrons. The fourth-order valence-corrected chi connectivity index (χ4v) is 2.90. The van der Waals surface area contributed by atoms with Gasteiger partial charge in [0, 0.05) is 12.6 Å². The van der Waals surface area contributed by atoms with Crippen LogP contribution in [0.2, 0.25) is 0 Å². The summed E-state index contributed by atoms with van der Waals surface area (Å²) in [6.07, 6.45) is 0. The van der Waals surface area contributed by atoms with E-state index in [9.17, 15) is 0 Å². The molecule has 0 bridgehead atoms.